The van der Waals surface area contributed by atoms with Crippen molar-refractivity contribution in [3.8, 4) is 0 Å². The van der Waals surface area contributed by atoms with Crippen molar-refractivity contribution >= 4 is 5.97 Å². The molecular formula is C41H64O14. The summed E-state index contributed by atoms with van der Waals surface area (Å²) in [6, 6.07) is 0. The van der Waals surface area contributed by atoms with Crippen molar-refractivity contribution in [3.63, 3.8) is 0 Å². The molecule has 0 spiro atoms. The predicted octanol–water partition coefficient (Wildman–Crippen LogP) is 2.22. The van der Waals surface area contributed by atoms with Crippen LogP contribution in [0, 0.1) is 34.5 Å². The second kappa shape index (κ2) is 15.1. The van der Waals surface area contributed by atoms with Gasteiger partial charge in [0.05, 0.1) is 54.4 Å². The van der Waals surface area contributed by atoms with Crippen molar-refractivity contribution < 1.29 is 68.6 Å². The maximum atomic E-state index is 12.6. The van der Waals surface area contributed by atoms with E-state index in [2.05, 4.69) is 13.8 Å². The van der Waals surface area contributed by atoms with Crippen LogP contribution in [0.15, 0.2) is 11.6 Å². The zero-order valence-corrected chi connectivity index (χ0v) is 32.9. The van der Waals surface area contributed by atoms with Gasteiger partial charge in [-0.2, -0.15) is 0 Å². The summed E-state index contributed by atoms with van der Waals surface area (Å²) in [6.07, 6.45) is -1.45. The van der Waals surface area contributed by atoms with Gasteiger partial charge < -0.3 is 63.8 Å². The first-order valence-corrected chi connectivity index (χ1v) is 20.9. The molecule has 312 valence electrons. The van der Waals surface area contributed by atoms with Gasteiger partial charge in [-0.05, 0) is 94.5 Å². The highest BCUT2D eigenvalue weighted by atomic mass is 16.7. The van der Waals surface area contributed by atoms with E-state index in [1.807, 2.05) is 6.92 Å². The molecule has 0 aromatic heterocycles. The van der Waals surface area contributed by atoms with Crippen molar-refractivity contribution in [2.45, 2.75) is 197 Å². The van der Waals surface area contributed by atoms with Crippen LogP contribution in [0.25, 0.3) is 0 Å². The van der Waals surface area contributed by atoms with Crippen LogP contribution in [-0.4, -0.2) is 135 Å². The minimum absolute atomic E-state index is 0.00949. The number of rotatable bonds is 7. The highest BCUT2D eigenvalue weighted by molar-refractivity contribution is 5.85. The highest BCUT2D eigenvalue weighted by Crippen LogP contribution is 2.70. The maximum absolute atomic E-state index is 12.6. The Hall–Kier alpha value is -1.27. The molecular weight excluding hydrogens is 716 g/mol. The van der Waals surface area contributed by atoms with Crippen molar-refractivity contribution in [1.82, 2.24) is 0 Å². The quantitative estimate of drug-likeness (QED) is 0.162. The Kier molecular flexibility index (Phi) is 11.1. The average Bonchev–Trinajstić information content (AvgIpc) is 3.63. The van der Waals surface area contributed by atoms with Gasteiger partial charge in [-0.15, -0.1) is 0 Å². The van der Waals surface area contributed by atoms with E-state index in [0.29, 0.717) is 24.7 Å². The van der Waals surface area contributed by atoms with Crippen molar-refractivity contribution in [2.24, 2.45) is 34.5 Å². The molecule has 14 heteroatoms. The van der Waals surface area contributed by atoms with E-state index in [1.54, 1.807) is 13.8 Å². The summed E-state index contributed by atoms with van der Waals surface area (Å²) >= 11 is 0. The fraction of sp³-hybridized carbons (Fsp3) is 0.927. The van der Waals surface area contributed by atoms with Gasteiger partial charge in [0, 0.05) is 43.1 Å². The topological polar surface area (TPSA) is 203 Å². The average molecular weight is 781 g/mol. The molecule has 0 aromatic rings. The van der Waals surface area contributed by atoms with Crippen LogP contribution in [0.5, 0.6) is 0 Å². The van der Waals surface area contributed by atoms with E-state index in [-0.39, 0.29) is 48.8 Å². The molecule has 4 aliphatic carbocycles. The molecule has 14 nitrogen and oxygen atoms in total. The summed E-state index contributed by atoms with van der Waals surface area (Å²) in [7, 11) is 0. The molecule has 0 radical (unpaired) electrons. The third-order valence-electron chi connectivity index (χ3n) is 15.8. The van der Waals surface area contributed by atoms with Crippen LogP contribution in [0.1, 0.15) is 105 Å². The van der Waals surface area contributed by atoms with Gasteiger partial charge in [0.15, 0.2) is 18.9 Å². The lowest BCUT2D eigenvalue weighted by atomic mass is 9.43. The predicted molar refractivity (Wildman–Crippen MR) is 193 cm³/mol. The van der Waals surface area contributed by atoms with E-state index in [4.69, 9.17) is 33.2 Å². The SMILES string of the molecule is C[C@@H]1O[C@H](O[C@@H]2C[C@@H](O[C@@H]3CC[C@@]4(C)C5CC[C@@]6(C)[C@H](C7=CC(=O)OC7)[C@H](O)C[C@@]6(O)C5CC[C@H]4C3)O[C@@H](C)[C@@H]2O[C@@H]2C[C@@H](O)[C@@H](O)[C@H](C)O2)C[C@@H](O)[C@H]1O. The van der Waals surface area contributed by atoms with E-state index in [1.165, 1.54) is 6.08 Å². The lowest BCUT2D eigenvalue weighted by molar-refractivity contribution is -0.344. The molecule has 3 saturated heterocycles. The third kappa shape index (κ3) is 7.05. The normalized spacial score (nSPS) is 55.5. The molecule has 7 fully saturated rings. The molecule has 2 unspecified atom stereocenters. The summed E-state index contributed by atoms with van der Waals surface area (Å²) in [4.78, 5) is 12.0. The fourth-order valence-electron chi connectivity index (χ4n) is 12.8. The van der Waals surface area contributed by atoms with E-state index in [0.717, 1.165) is 50.5 Å². The third-order valence-corrected chi connectivity index (χ3v) is 15.8. The highest BCUT2D eigenvalue weighted by Gasteiger charge is 2.70. The smallest absolute Gasteiger partial charge is 0.331 e. The van der Waals surface area contributed by atoms with Gasteiger partial charge in [0.25, 0.3) is 0 Å². The van der Waals surface area contributed by atoms with E-state index in [9.17, 15) is 35.4 Å². The number of aliphatic hydroxyl groups excluding tert-OH is 5. The van der Waals surface area contributed by atoms with Gasteiger partial charge >= 0.3 is 5.97 Å². The lowest BCUT2D eigenvalue weighted by Crippen LogP contribution is -2.62. The Bertz CT molecular complexity index is 1420. The minimum Gasteiger partial charge on any atom is -0.458 e. The molecule has 55 heavy (non-hydrogen) atoms. The summed E-state index contributed by atoms with van der Waals surface area (Å²) in [5, 5.41) is 65.5. The Morgan fingerprint density at radius 1 is 0.709 bits per heavy atom. The molecule has 4 saturated carbocycles. The lowest BCUT2D eigenvalue weighted by Gasteiger charge is -2.63. The Labute approximate surface area is 323 Å². The number of aliphatic hydroxyl groups is 6. The fourth-order valence-corrected chi connectivity index (χ4v) is 12.8. The summed E-state index contributed by atoms with van der Waals surface area (Å²) < 4.78 is 43.2. The van der Waals surface area contributed by atoms with Crippen LogP contribution in [0.4, 0.5) is 0 Å². The standard InChI is InChI=1S/C41H64O14/c1-19-36(46)27(42)14-32(50-19)54-30-16-34(52-21(3)38(30)55-33-15-28(43)37(47)20(2)51-33)53-24-8-10-39(4)23(13-24)6-7-26-25(39)9-11-40(5)35(22-12-31(45)49-18-22)29(44)17-41(26,40)48/h12,19-21,23-30,32-38,42-44,46-48H,6-11,13-18H2,1-5H3/t19-,20-,21-,23-,24+,25?,26?,27+,28+,29+,30+,32+,33+,34+,35+,36-,37-,38-,39+,40-,41+/m0/s1. The molecule has 4 heterocycles. The van der Waals surface area contributed by atoms with Gasteiger partial charge in [-0.1, -0.05) is 13.8 Å². The molecule has 6 N–H and O–H groups in total. The number of hydrogen-bond donors (Lipinski definition) is 6. The van der Waals surface area contributed by atoms with Gasteiger partial charge in [0.1, 0.15) is 24.9 Å². The van der Waals surface area contributed by atoms with E-state index < -0.39 is 90.9 Å². The van der Waals surface area contributed by atoms with Gasteiger partial charge in [0.2, 0.25) is 0 Å². The number of fused-ring (bicyclic) bond motifs is 5. The summed E-state index contributed by atoms with van der Waals surface area (Å²) in [6.45, 7) is 9.97. The molecule has 21 atom stereocenters. The second-order valence-corrected chi connectivity index (χ2v) is 18.9. The van der Waals surface area contributed by atoms with E-state index >= 15 is 0 Å². The number of carbonyl (C=O) groups is 1. The first-order chi connectivity index (χ1) is 26.0. The van der Waals surface area contributed by atoms with Crippen LogP contribution >= 0.6 is 0 Å². The van der Waals surface area contributed by atoms with Crippen molar-refractivity contribution in [2.75, 3.05) is 6.61 Å². The molecule has 8 rings (SSSR count). The number of carbonyl (C=O) groups excluding carboxylic acids is 1. The molecule has 0 amide bonds. The number of esters is 1. The number of ether oxygens (including phenoxy) is 7. The minimum atomic E-state index is -1.03. The van der Waals surface area contributed by atoms with Crippen LogP contribution in [0.2, 0.25) is 0 Å². The largest absolute Gasteiger partial charge is 0.458 e. The van der Waals surface area contributed by atoms with Gasteiger partial charge in [-0.25, -0.2) is 4.79 Å². The van der Waals surface area contributed by atoms with Crippen molar-refractivity contribution in [1.29, 1.82) is 0 Å². The molecule has 4 aliphatic heterocycles. The zero-order chi connectivity index (χ0) is 39.2. The Balaban J connectivity index is 0.936. The van der Waals surface area contributed by atoms with Crippen LogP contribution < -0.4 is 0 Å². The molecule has 8 aliphatic rings. The van der Waals surface area contributed by atoms with Gasteiger partial charge in [-0.3, -0.25) is 0 Å². The number of cyclic esters (lactones) is 1. The monoisotopic (exact) mass is 780 g/mol. The summed E-state index contributed by atoms with van der Waals surface area (Å²) in [5.41, 5.74) is -0.743. The zero-order valence-electron chi connectivity index (χ0n) is 32.9. The Morgan fingerprint density at radius 3 is 1.98 bits per heavy atom. The molecule has 0 bridgehead atoms. The summed E-state index contributed by atoms with van der Waals surface area (Å²) in [5.74, 6) is 0.103. The second-order valence-electron chi connectivity index (χ2n) is 18.9. The molecule has 0 aromatic carbocycles. The first-order valence-electron chi connectivity index (χ1n) is 20.9. The van der Waals surface area contributed by atoms with Crippen molar-refractivity contribution in [3.05, 3.63) is 11.6 Å². The Morgan fingerprint density at radius 2 is 1.35 bits per heavy atom. The van der Waals surface area contributed by atoms with Crippen LogP contribution in [0.3, 0.4) is 0 Å². The first kappa shape index (κ1) is 40.5. The van der Waals surface area contributed by atoms with Crippen LogP contribution in [-0.2, 0) is 38.0 Å². The number of hydrogen-bond acceptors (Lipinski definition) is 14. The maximum Gasteiger partial charge on any atom is 0.331 e.